The van der Waals surface area contributed by atoms with Crippen LogP contribution in [-0.4, -0.2) is 24.5 Å². The van der Waals surface area contributed by atoms with Gasteiger partial charge in [-0.15, -0.1) is 11.3 Å². The van der Waals surface area contributed by atoms with E-state index in [4.69, 9.17) is 9.84 Å². The van der Waals surface area contributed by atoms with Crippen LogP contribution in [0.2, 0.25) is 0 Å². The Kier molecular flexibility index (Phi) is 4.68. The second-order valence-electron chi connectivity index (χ2n) is 4.87. The molecule has 3 rings (SSSR count). The fraction of sp³-hybridized carbons (Fsp3) is 0. The summed E-state index contributed by atoms with van der Waals surface area (Å²) in [5.74, 6) is -0.247. The van der Waals surface area contributed by atoms with Crippen LogP contribution in [0.1, 0.15) is 10.4 Å². The van der Waals surface area contributed by atoms with Gasteiger partial charge in [0, 0.05) is 11.4 Å². The highest BCUT2D eigenvalue weighted by molar-refractivity contribution is 7.94. The molecule has 0 saturated heterocycles. The number of aromatic carboxylic acids is 1. The molecule has 0 spiro atoms. The highest BCUT2D eigenvalue weighted by Gasteiger charge is 2.19. The molecule has 2 N–H and O–H groups in total. The number of aromatic nitrogens is 1. The third-order valence-corrected chi connectivity index (χ3v) is 5.86. The van der Waals surface area contributed by atoms with Crippen LogP contribution < -0.4 is 9.46 Å². The molecule has 0 aliphatic rings. The summed E-state index contributed by atoms with van der Waals surface area (Å²) in [5, 5.41) is 10.1. The molecule has 1 aromatic carbocycles. The van der Waals surface area contributed by atoms with Crippen molar-refractivity contribution in [3.05, 3.63) is 65.7 Å². The summed E-state index contributed by atoms with van der Waals surface area (Å²) in [6.45, 7) is 0. The van der Waals surface area contributed by atoms with Gasteiger partial charge >= 0.3 is 5.97 Å². The first-order chi connectivity index (χ1) is 11.9. The quantitative estimate of drug-likeness (QED) is 0.683. The van der Waals surface area contributed by atoms with E-state index < -0.39 is 16.0 Å². The minimum Gasteiger partial charge on any atom is -0.478 e. The molecule has 0 amide bonds. The maximum atomic E-state index is 12.3. The van der Waals surface area contributed by atoms with E-state index in [2.05, 4.69) is 9.71 Å². The van der Waals surface area contributed by atoms with Crippen LogP contribution in [0.15, 0.2) is 64.3 Å². The topological polar surface area (TPSA) is 106 Å². The zero-order chi connectivity index (χ0) is 17.9. The maximum absolute atomic E-state index is 12.3. The van der Waals surface area contributed by atoms with Crippen LogP contribution in [0.5, 0.6) is 11.6 Å². The summed E-state index contributed by atoms with van der Waals surface area (Å²) in [5.41, 5.74) is 0.167. The van der Waals surface area contributed by atoms with Crippen LogP contribution in [0.4, 0.5) is 5.69 Å². The number of hydrogen-bond donors (Lipinski definition) is 2. The van der Waals surface area contributed by atoms with E-state index in [1.807, 2.05) is 18.2 Å². The highest BCUT2D eigenvalue weighted by Crippen LogP contribution is 2.24. The van der Waals surface area contributed by atoms with Gasteiger partial charge in [0.05, 0.1) is 17.4 Å². The standard InChI is InChI=1S/C16H12N2O5S2/c19-16(20)11-8-15(24-10-11)25(21,22)18-12-6-7-14(17-9-12)23-13-4-2-1-3-5-13/h1-10,18H,(H,19,20). The van der Waals surface area contributed by atoms with E-state index in [1.54, 1.807) is 12.1 Å². The number of thiophene rings is 1. The molecule has 9 heteroatoms. The lowest BCUT2D eigenvalue weighted by Crippen LogP contribution is -2.11. The minimum atomic E-state index is -3.87. The second-order valence-corrected chi connectivity index (χ2v) is 7.69. The van der Waals surface area contributed by atoms with Crippen molar-refractivity contribution in [2.24, 2.45) is 0 Å². The molecule has 128 valence electrons. The number of sulfonamides is 1. The summed E-state index contributed by atoms with van der Waals surface area (Å²) in [6, 6.07) is 13.2. The average molecular weight is 376 g/mol. The van der Waals surface area contributed by atoms with Gasteiger partial charge in [0.1, 0.15) is 9.96 Å². The van der Waals surface area contributed by atoms with Crippen LogP contribution in [0.3, 0.4) is 0 Å². The summed E-state index contributed by atoms with van der Waals surface area (Å²) < 4.78 is 32.3. The van der Waals surface area contributed by atoms with Crippen LogP contribution in [0, 0.1) is 0 Å². The number of carboxylic acid groups (broad SMARTS) is 1. The minimum absolute atomic E-state index is 0.0740. The Morgan fingerprint density at radius 2 is 1.92 bits per heavy atom. The summed E-state index contributed by atoms with van der Waals surface area (Å²) in [6.07, 6.45) is 1.32. The molecule has 25 heavy (non-hydrogen) atoms. The smallest absolute Gasteiger partial charge is 0.336 e. The van der Waals surface area contributed by atoms with Gasteiger partial charge in [-0.1, -0.05) is 18.2 Å². The van der Waals surface area contributed by atoms with E-state index in [0.29, 0.717) is 11.6 Å². The Morgan fingerprint density at radius 1 is 1.16 bits per heavy atom. The molecule has 0 bridgehead atoms. The van der Waals surface area contributed by atoms with Gasteiger partial charge in [0.15, 0.2) is 0 Å². The Bertz CT molecular complexity index is 983. The lowest BCUT2D eigenvalue weighted by Gasteiger charge is -2.07. The normalized spacial score (nSPS) is 11.0. The lowest BCUT2D eigenvalue weighted by atomic mass is 10.3. The molecule has 0 atom stereocenters. The predicted molar refractivity (Wildman–Crippen MR) is 92.8 cm³/mol. The molecular formula is C16H12N2O5S2. The van der Waals surface area contributed by atoms with Crippen molar-refractivity contribution in [3.63, 3.8) is 0 Å². The van der Waals surface area contributed by atoms with E-state index in [0.717, 1.165) is 17.4 Å². The summed E-state index contributed by atoms with van der Waals surface area (Å²) >= 11 is 0.833. The van der Waals surface area contributed by atoms with E-state index in [-0.39, 0.29) is 15.5 Å². The number of nitrogens with one attached hydrogen (secondary N) is 1. The molecule has 0 aliphatic heterocycles. The van der Waals surface area contributed by atoms with E-state index >= 15 is 0 Å². The van der Waals surface area contributed by atoms with Crippen molar-refractivity contribution < 1.29 is 23.1 Å². The fourth-order valence-corrected chi connectivity index (χ4v) is 4.08. The third kappa shape index (κ3) is 4.14. The molecule has 0 unspecified atom stereocenters. The molecule has 0 aliphatic carbocycles. The number of hydrogen-bond acceptors (Lipinski definition) is 6. The zero-order valence-corrected chi connectivity index (χ0v) is 14.3. The average Bonchev–Trinajstić information content (AvgIpc) is 3.09. The number of nitrogens with zero attached hydrogens (tertiary/aromatic N) is 1. The number of anilines is 1. The van der Waals surface area contributed by atoms with Crippen molar-refractivity contribution in [3.8, 4) is 11.6 Å². The first-order valence-corrected chi connectivity index (χ1v) is 9.34. The molecule has 3 aromatic rings. The Balaban J connectivity index is 1.72. The Morgan fingerprint density at radius 3 is 2.52 bits per heavy atom. The summed E-state index contributed by atoms with van der Waals surface area (Å²) in [7, 11) is -3.87. The predicted octanol–water partition coefficient (Wildman–Crippen LogP) is 3.43. The Hall–Kier alpha value is -2.91. The van der Waals surface area contributed by atoms with Crippen LogP contribution in [-0.2, 0) is 10.0 Å². The molecule has 0 saturated carbocycles. The van der Waals surface area contributed by atoms with Crippen molar-refractivity contribution in [1.82, 2.24) is 4.98 Å². The molecule has 2 aromatic heterocycles. The summed E-state index contributed by atoms with van der Waals surface area (Å²) in [4.78, 5) is 14.9. The largest absolute Gasteiger partial charge is 0.478 e. The van der Waals surface area contributed by atoms with Crippen molar-refractivity contribution in [1.29, 1.82) is 0 Å². The lowest BCUT2D eigenvalue weighted by molar-refractivity contribution is 0.0697. The number of ether oxygens (including phenoxy) is 1. The van der Waals surface area contributed by atoms with Crippen LogP contribution in [0.25, 0.3) is 0 Å². The van der Waals surface area contributed by atoms with E-state index in [1.165, 1.54) is 23.7 Å². The van der Waals surface area contributed by atoms with Crippen molar-refractivity contribution >= 4 is 33.0 Å². The number of rotatable bonds is 6. The molecular weight excluding hydrogens is 364 g/mol. The van der Waals surface area contributed by atoms with Gasteiger partial charge < -0.3 is 9.84 Å². The number of carbonyl (C=O) groups is 1. The van der Waals surface area contributed by atoms with Gasteiger partial charge in [-0.2, -0.15) is 0 Å². The SMILES string of the molecule is O=C(O)c1csc(S(=O)(=O)Nc2ccc(Oc3ccccc3)nc2)c1. The van der Waals surface area contributed by atoms with Crippen LogP contribution >= 0.6 is 11.3 Å². The third-order valence-electron chi connectivity index (χ3n) is 3.04. The maximum Gasteiger partial charge on any atom is 0.336 e. The van der Waals surface area contributed by atoms with Gasteiger partial charge in [-0.25, -0.2) is 18.2 Å². The highest BCUT2D eigenvalue weighted by atomic mass is 32.2. The number of carboxylic acids is 1. The zero-order valence-electron chi connectivity index (χ0n) is 12.6. The van der Waals surface area contributed by atoms with Gasteiger partial charge in [-0.3, -0.25) is 4.72 Å². The van der Waals surface area contributed by atoms with Gasteiger partial charge in [-0.05, 0) is 24.3 Å². The first-order valence-electron chi connectivity index (χ1n) is 6.98. The second kappa shape index (κ2) is 6.91. The van der Waals surface area contributed by atoms with Crippen molar-refractivity contribution in [2.45, 2.75) is 4.21 Å². The fourth-order valence-electron chi connectivity index (χ4n) is 1.89. The first kappa shape index (κ1) is 16.9. The number of para-hydroxylation sites is 1. The Labute approximate surface area is 147 Å². The van der Waals surface area contributed by atoms with E-state index in [9.17, 15) is 13.2 Å². The van der Waals surface area contributed by atoms with Crippen molar-refractivity contribution in [2.75, 3.05) is 4.72 Å². The number of pyridine rings is 1. The number of benzene rings is 1. The molecule has 0 fully saturated rings. The molecule has 7 nitrogen and oxygen atoms in total. The molecule has 2 heterocycles. The monoisotopic (exact) mass is 376 g/mol. The molecule has 0 radical (unpaired) electrons. The van der Waals surface area contributed by atoms with Gasteiger partial charge in [0.2, 0.25) is 5.88 Å². The van der Waals surface area contributed by atoms with Gasteiger partial charge in [0.25, 0.3) is 10.0 Å².